The van der Waals surface area contributed by atoms with E-state index in [-0.39, 0.29) is 18.6 Å². The molecule has 1 fully saturated rings. The lowest BCUT2D eigenvalue weighted by molar-refractivity contribution is -0.116. The van der Waals surface area contributed by atoms with Gasteiger partial charge in [-0.25, -0.2) is 9.37 Å². The monoisotopic (exact) mass is 368 g/mol. The van der Waals surface area contributed by atoms with Crippen LogP contribution in [0.2, 0.25) is 0 Å². The molecule has 1 aliphatic heterocycles. The Morgan fingerprint density at radius 2 is 2.19 bits per heavy atom. The van der Waals surface area contributed by atoms with Gasteiger partial charge in [0.05, 0.1) is 29.2 Å². The zero-order valence-corrected chi connectivity index (χ0v) is 14.8. The van der Waals surface area contributed by atoms with Crippen LogP contribution in [0.15, 0.2) is 48.8 Å². The lowest BCUT2D eigenvalue weighted by Gasteiger charge is -2.13. The molecule has 27 heavy (non-hydrogen) atoms. The summed E-state index contributed by atoms with van der Waals surface area (Å²) in [4.78, 5) is 16.6. The highest BCUT2D eigenvalue weighted by molar-refractivity contribution is 5.91. The summed E-state index contributed by atoms with van der Waals surface area (Å²) in [7, 11) is 0. The highest BCUT2D eigenvalue weighted by Gasteiger charge is 2.16. The van der Waals surface area contributed by atoms with Crippen molar-refractivity contribution in [2.45, 2.75) is 25.5 Å². The Balaban J connectivity index is 1.37. The van der Waals surface area contributed by atoms with E-state index < -0.39 is 5.82 Å². The van der Waals surface area contributed by atoms with Gasteiger partial charge in [-0.3, -0.25) is 4.79 Å². The highest BCUT2D eigenvalue weighted by atomic mass is 19.1. The van der Waals surface area contributed by atoms with Crippen molar-refractivity contribution in [3.63, 3.8) is 0 Å². The Morgan fingerprint density at radius 3 is 3.00 bits per heavy atom. The third-order valence-corrected chi connectivity index (χ3v) is 4.64. The van der Waals surface area contributed by atoms with Gasteiger partial charge in [-0.15, -0.1) is 0 Å². The minimum atomic E-state index is -0.404. The average molecular weight is 368 g/mol. The van der Waals surface area contributed by atoms with E-state index in [0.717, 1.165) is 30.5 Å². The summed E-state index contributed by atoms with van der Waals surface area (Å²) in [6, 6.07) is 12.2. The van der Waals surface area contributed by atoms with E-state index in [1.54, 1.807) is 23.0 Å². The van der Waals surface area contributed by atoms with Gasteiger partial charge in [0.15, 0.2) is 0 Å². The van der Waals surface area contributed by atoms with E-state index in [1.807, 2.05) is 24.3 Å². The average Bonchev–Trinajstić information content (AvgIpc) is 3.31. The van der Waals surface area contributed by atoms with Crippen LogP contribution < -0.4 is 10.6 Å². The van der Waals surface area contributed by atoms with Crippen molar-refractivity contribution in [1.29, 1.82) is 0 Å². The second-order valence-corrected chi connectivity index (χ2v) is 6.62. The van der Waals surface area contributed by atoms with Crippen molar-refractivity contribution in [1.82, 2.24) is 9.55 Å². The topological polar surface area (TPSA) is 68.2 Å². The van der Waals surface area contributed by atoms with Crippen LogP contribution in [0.5, 0.6) is 0 Å². The molecule has 1 saturated heterocycles. The first-order valence-electron chi connectivity index (χ1n) is 9.04. The van der Waals surface area contributed by atoms with E-state index in [9.17, 15) is 9.18 Å². The number of imidazole rings is 1. The fourth-order valence-corrected chi connectivity index (χ4v) is 3.26. The number of benzene rings is 2. The fourth-order valence-electron chi connectivity index (χ4n) is 3.26. The minimum Gasteiger partial charge on any atom is -0.380 e. The molecule has 2 heterocycles. The molecule has 1 amide bonds. The molecule has 0 bridgehead atoms. The van der Waals surface area contributed by atoms with Gasteiger partial charge < -0.3 is 19.9 Å². The summed E-state index contributed by atoms with van der Waals surface area (Å²) in [5.74, 6) is -0.642. The summed E-state index contributed by atoms with van der Waals surface area (Å²) >= 11 is 0. The summed E-state index contributed by atoms with van der Waals surface area (Å²) in [6.07, 6.45) is 3.80. The number of anilines is 2. The van der Waals surface area contributed by atoms with Gasteiger partial charge in [0.25, 0.3) is 0 Å². The number of rotatable bonds is 6. The Kier molecular flexibility index (Phi) is 5.02. The molecule has 4 rings (SSSR count). The number of aromatic nitrogens is 2. The molecular weight excluding hydrogens is 347 g/mol. The molecule has 6 nitrogen and oxygen atoms in total. The molecule has 2 N–H and O–H groups in total. The van der Waals surface area contributed by atoms with E-state index in [2.05, 4.69) is 15.6 Å². The maximum absolute atomic E-state index is 14.3. The molecule has 0 aliphatic carbocycles. The molecule has 1 aliphatic rings. The number of amides is 1. The van der Waals surface area contributed by atoms with Gasteiger partial charge in [-0.05, 0) is 43.2 Å². The Bertz CT molecular complexity index is 950. The SMILES string of the molecule is O=C(Cn1cnc2ccccc21)Nc1ccc(NCC2CCCO2)c(F)c1. The molecule has 0 spiro atoms. The third-order valence-electron chi connectivity index (χ3n) is 4.64. The molecule has 0 radical (unpaired) electrons. The number of nitrogens with one attached hydrogen (secondary N) is 2. The molecule has 7 heteroatoms. The van der Waals surface area contributed by atoms with Crippen LogP contribution in [0.3, 0.4) is 0 Å². The molecule has 1 unspecified atom stereocenters. The van der Waals surface area contributed by atoms with Crippen LogP contribution >= 0.6 is 0 Å². The van der Waals surface area contributed by atoms with Crippen LogP contribution in [0.25, 0.3) is 11.0 Å². The van der Waals surface area contributed by atoms with Crippen molar-refractivity contribution in [3.8, 4) is 0 Å². The Labute approximate surface area is 156 Å². The number of para-hydroxylation sites is 2. The van der Waals surface area contributed by atoms with Crippen LogP contribution in [-0.2, 0) is 16.1 Å². The van der Waals surface area contributed by atoms with Crippen LogP contribution in [0.1, 0.15) is 12.8 Å². The molecular formula is C20H21FN4O2. The molecule has 2 aromatic carbocycles. The highest BCUT2D eigenvalue weighted by Crippen LogP contribution is 2.21. The van der Waals surface area contributed by atoms with Crippen LogP contribution in [0, 0.1) is 5.82 Å². The summed E-state index contributed by atoms with van der Waals surface area (Å²) in [5, 5.41) is 5.80. The summed E-state index contributed by atoms with van der Waals surface area (Å²) in [5.41, 5.74) is 2.54. The van der Waals surface area contributed by atoms with Crippen LogP contribution in [-0.4, -0.2) is 34.7 Å². The number of hydrogen-bond donors (Lipinski definition) is 2. The number of carbonyl (C=O) groups excluding carboxylic acids is 1. The molecule has 140 valence electrons. The van der Waals surface area contributed by atoms with Gasteiger partial charge in [0, 0.05) is 18.8 Å². The van der Waals surface area contributed by atoms with Crippen molar-refractivity contribution in [2.75, 3.05) is 23.8 Å². The van der Waals surface area contributed by atoms with E-state index in [1.165, 1.54) is 6.07 Å². The zero-order valence-electron chi connectivity index (χ0n) is 14.8. The van der Waals surface area contributed by atoms with Crippen molar-refractivity contribution < 1.29 is 13.9 Å². The molecule has 1 atom stereocenters. The van der Waals surface area contributed by atoms with Crippen molar-refractivity contribution in [2.24, 2.45) is 0 Å². The van der Waals surface area contributed by atoms with Gasteiger partial charge in [-0.2, -0.15) is 0 Å². The lowest BCUT2D eigenvalue weighted by Crippen LogP contribution is -2.20. The molecule has 0 saturated carbocycles. The standard InChI is InChI=1S/C20H21FN4O2/c21-16-10-14(7-8-17(16)22-11-15-4-3-9-27-15)24-20(26)12-25-13-23-18-5-1-2-6-19(18)25/h1-2,5-8,10,13,15,22H,3-4,9,11-12H2,(H,24,26). The first-order chi connectivity index (χ1) is 13.2. The summed E-state index contributed by atoms with van der Waals surface area (Å²) in [6.45, 7) is 1.46. The van der Waals surface area contributed by atoms with E-state index >= 15 is 0 Å². The normalized spacial score (nSPS) is 16.6. The minimum absolute atomic E-state index is 0.112. The van der Waals surface area contributed by atoms with Crippen LogP contribution in [0.4, 0.5) is 15.8 Å². The summed E-state index contributed by atoms with van der Waals surface area (Å²) < 4.78 is 21.6. The quantitative estimate of drug-likeness (QED) is 0.700. The van der Waals surface area contributed by atoms with Gasteiger partial charge in [0.2, 0.25) is 5.91 Å². The van der Waals surface area contributed by atoms with Gasteiger partial charge in [0.1, 0.15) is 12.4 Å². The predicted molar refractivity (Wildman–Crippen MR) is 102 cm³/mol. The second-order valence-electron chi connectivity index (χ2n) is 6.62. The van der Waals surface area contributed by atoms with E-state index in [4.69, 9.17) is 4.74 Å². The Hall–Kier alpha value is -2.93. The third kappa shape index (κ3) is 4.09. The number of ether oxygens (including phenoxy) is 1. The Morgan fingerprint density at radius 1 is 1.30 bits per heavy atom. The number of halogens is 1. The maximum atomic E-state index is 14.3. The largest absolute Gasteiger partial charge is 0.380 e. The first-order valence-corrected chi connectivity index (χ1v) is 9.04. The predicted octanol–water partition coefficient (Wildman–Crippen LogP) is 3.41. The number of carbonyl (C=O) groups is 1. The molecule has 1 aromatic heterocycles. The second kappa shape index (κ2) is 7.75. The smallest absolute Gasteiger partial charge is 0.244 e. The zero-order chi connectivity index (χ0) is 18.6. The van der Waals surface area contributed by atoms with Gasteiger partial charge in [-0.1, -0.05) is 12.1 Å². The molecule has 3 aromatic rings. The number of hydrogen-bond acceptors (Lipinski definition) is 4. The maximum Gasteiger partial charge on any atom is 0.244 e. The first kappa shape index (κ1) is 17.5. The van der Waals surface area contributed by atoms with E-state index in [0.29, 0.717) is 17.9 Å². The fraction of sp³-hybridized carbons (Fsp3) is 0.300. The number of fused-ring (bicyclic) bond motifs is 1. The lowest BCUT2D eigenvalue weighted by atomic mass is 10.2. The van der Waals surface area contributed by atoms with Crippen molar-refractivity contribution in [3.05, 3.63) is 54.6 Å². The van der Waals surface area contributed by atoms with Crippen molar-refractivity contribution >= 4 is 28.3 Å². The van der Waals surface area contributed by atoms with Gasteiger partial charge >= 0.3 is 0 Å². The number of nitrogens with zero attached hydrogens (tertiary/aromatic N) is 2.